The molecule has 3 aromatic rings. The first-order valence-electron chi connectivity index (χ1n) is 8.25. The predicted molar refractivity (Wildman–Crippen MR) is 96.4 cm³/mol. The Hall–Kier alpha value is -3.08. The number of hydrogen-bond donors (Lipinski definition) is 1. The molecule has 0 aliphatic rings. The first-order chi connectivity index (χ1) is 12.2. The third-order valence-corrected chi connectivity index (χ3v) is 3.82. The minimum absolute atomic E-state index is 0.00945. The van der Waals surface area contributed by atoms with Gasteiger partial charge in [0.05, 0.1) is 6.33 Å². The van der Waals surface area contributed by atoms with Crippen LogP contribution in [0.15, 0.2) is 73.3 Å². The molecule has 0 saturated carbocycles. The van der Waals surface area contributed by atoms with Gasteiger partial charge in [-0.2, -0.15) is 0 Å². The molecule has 1 N–H and O–H groups in total. The van der Waals surface area contributed by atoms with Gasteiger partial charge in [0, 0.05) is 36.1 Å². The van der Waals surface area contributed by atoms with Crippen LogP contribution < -0.4 is 10.1 Å². The molecule has 1 heterocycles. The summed E-state index contributed by atoms with van der Waals surface area (Å²) in [5, 5.41) is 3.03. The number of aromatic nitrogens is 2. The van der Waals surface area contributed by atoms with E-state index in [1.807, 2.05) is 72.3 Å². The average Bonchev–Trinajstić information content (AvgIpc) is 3.14. The summed E-state index contributed by atoms with van der Waals surface area (Å²) < 4.78 is 7.72. The van der Waals surface area contributed by atoms with E-state index in [2.05, 4.69) is 10.3 Å². The van der Waals surface area contributed by atoms with Crippen molar-refractivity contribution in [3.63, 3.8) is 0 Å². The van der Waals surface area contributed by atoms with E-state index in [1.54, 1.807) is 12.5 Å². The van der Waals surface area contributed by atoms with Gasteiger partial charge in [-0.05, 0) is 25.1 Å². The first kappa shape index (κ1) is 16.8. The number of nitrogens with one attached hydrogen (secondary N) is 1. The Balaban J connectivity index is 1.64. The van der Waals surface area contributed by atoms with Crippen molar-refractivity contribution in [1.29, 1.82) is 0 Å². The summed E-state index contributed by atoms with van der Waals surface area (Å²) in [5.41, 5.74) is 1.49. The van der Waals surface area contributed by atoms with E-state index in [1.165, 1.54) is 0 Å². The Morgan fingerprint density at radius 1 is 1.16 bits per heavy atom. The number of nitrogens with zero attached hydrogens (tertiary/aromatic N) is 2. The Labute approximate surface area is 147 Å². The second-order valence-corrected chi connectivity index (χ2v) is 5.89. The molecule has 0 spiro atoms. The molecular weight excluding hydrogens is 314 g/mol. The summed E-state index contributed by atoms with van der Waals surface area (Å²) in [5.74, 6) is 0.686. The Morgan fingerprint density at radius 3 is 2.68 bits per heavy atom. The number of ether oxygens (including phenoxy) is 1. The van der Waals surface area contributed by atoms with Crippen LogP contribution in [0.4, 0.5) is 0 Å². The first-order valence-corrected chi connectivity index (χ1v) is 8.25. The minimum atomic E-state index is -0.0973. The van der Waals surface area contributed by atoms with Gasteiger partial charge in [-0.3, -0.25) is 4.79 Å². The quantitative estimate of drug-likeness (QED) is 0.721. The van der Waals surface area contributed by atoms with Crippen LogP contribution in [0, 0.1) is 0 Å². The van der Waals surface area contributed by atoms with Crippen LogP contribution in [0.2, 0.25) is 0 Å². The summed E-state index contributed by atoms with van der Waals surface area (Å²) >= 11 is 0. The molecule has 5 heteroatoms. The molecule has 0 unspecified atom stereocenters. The van der Waals surface area contributed by atoms with Crippen molar-refractivity contribution >= 4 is 5.91 Å². The summed E-state index contributed by atoms with van der Waals surface area (Å²) in [6, 6.07) is 17.1. The second-order valence-electron chi connectivity index (χ2n) is 5.89. The molecule has 3 rings (SSSR count). The lowest BCUT2D eigenvalue weighted by Gasteiger charge is -2.16. The third kappa shape index (κ3) is 4.70. The normalized spacial score (nSPS) is 11.7. The second kappa shape index (κ2) is 8.15. The Bertz CT molecular complexity index is 801. The summed E-state index contributed by atoms with van der Waals surface area (Å²) in [6.45, 7) is 3.00. The monoisotopic (exact) mass is 335 g/mol. The molecule has 2 aromatic carbocycles. The third-order valence-electron chi connectivity index (χ3n) is 3.82. The molecule has 25 heavy (non-hydrogen) atoms. The molecule has 5 nitrogen and oxygen atoms in total. The Kier molecular flexibility index (Phi) is 5.46. The maximum absolute atomic E-state index is 12.6. The van der Waals surface area contributed by atoms with Crippen LogP contribution in [0.1, 0.15) is 22.8 Å². The predicted octanol–water partition coefficient (Wildman–Crippen LogP) is 3.28. The molecular formula is C20H21N3O2. The molecule has 0 saturated heterocycles. The highest BCUT2D eigenvalue weighted by Crippen LogP contribution is 2.15. The van der Waals surface area contributed by atoms with Gasteiger partial charge in [0.15, 0.2) is 0 Å². The van der Waals surface area contributed by atoms with Gasteiger partial charge in [-0.25, -0.2) is 4.98 Å². The highest BCUT2D eigenvalue weighted by atomic mass is 16.5. The van der Waals surface area contributed by atoms with Gasteiger partial charge in [-0.1, -0.05) is 36.4 Å². The zero-order valence-electron chi connectivity index (χ0n) is 14.1. The minimum Gasteiger partial charge on any atom is -0.489 e. The van der Waals surface area contributed by atoms with Crippen molar-refractivity contribution in [2.24, 2.45) is 0 Å². The fourth-order valence-electron chi connectivity index (χ4n) is 2.60. The van der Waals surface area contributed by atoms with E-state index >= 15 is 0 Å². The van der Waals surface area contributed by atoms with Gasteiger partial charge in [0.25, 0.3) is 5.91 Å². The van der Waals surface area contributed by atoms with Crippen molar-refractivity contribution < 1.29 is 9.53 Å². The lowest BCUT2D eigenvalue weighted by Crippen LogP contribution is -2.36. The lowest BCUT2D eigenvalue weighted by atomic mass is 10.1. The van der Waals surface area contributed by atoms with Crippen LogP contribution in [-0.2, 0) is 13.2 Å². The summed E-state index contributed by atoms with van der Waals surface area (Å²) in [4.78, 5) is 16.6. The zero-order valence-corrected chi connectivity index (χ0v) is 14.1. The van der Waals surface area contributed by atoms with Gasteiger partial charge in [0.2, 0.25) is 0 Å². The number of para-hydroxylation sites is 1. The van der Waals surface area contributed by atoms with Gasteiger partial charge >= 0.3 is 0 Å². The number of imidazole rings is 1. The Morgan fingerprint density at radius 2 is 1.92 bits per heavy atom. The SMILES string of the molecule is C[C@@H](Cn1ccnc1)NC(=O)c1ccccc1COc1ccccc1. The van der Waals surface area contributed by atoms with Gasteiger partial charge < -0.3 is 14.6 Å². The number of rotatable bonds is 7. The van der Waals surface area contributed by atoms with Crippen LogP contribution in [-0.4, -0.2) is 21.5 Å². The largest absolute Gasteiger partial charge is 0.489 e. The van der Waals surface area contributed by atoms with E-state index in [9.17, 15) is 4.79 Å². The fraction of sp³-hybridized carbons (Fsp3) is 0.200. The van der Waals surface area contributed by atoms with Gasteiger partial charge in [-0.15, -0.1) is 0 Å². The lowest BCUT2D eigenvalue weighted by molar-refractivity contribution is 0.0934. The van der Waals surface area contributed by atoms with Crippen molar-refractivity contribution in [1.82, 2.24) is 14.9 Å². The number of amides is 1. The van der Waals surface area contributed by atoms with Crippen LogP contribution >= 0.6 is 0 Å². The van der Waals surface area contributed by atoms with Crippen LogP contribution in [0.3, 0.4) is 0 Å². The van der Waals surface area contributed by atoms with E-state index < -0.39 is 0 Å². The van der Waals surface area contributed by atoms with Crippen molar-refractivity contribution in [2.45, 2.75) is 26.1 Å². The molecule has 0 bridgehead atoms. The van der Waals surface area contributed by atoms with E-state index in [4.69, 9.17) is 4.74 Å². The molecule has 1 amide bonds. The molecule has 0 fully saturated rings. The fourth-order valence-corrected chi connectivity index (χ4v) is 2.60. The van der Waals surface area contributed by atoms with E-state index in [0.717, 1.165) is 11.3 Å². The highest BCUT2D eigenvalue weighted by molar-refractivity contribution is 5.95. The molecule has 0 aliphatic heterocycles. The number of benzene rings is 2. The van der Waals surface area contributed by atoms with E-state index in [0.29, 0.717) is 18.7 Å². The van der Waals surface area contributed by atoms with Gasteiger partial charge in [0.1, 0.15) is 12.4 Å². The van der Waals surface area contributed by atoms with Crippen LogP contribution in [0.25, 0.3) is 0 Å². The zero-order chi connectivity index (χ0) is 17.5. The van der Waals surface area contributed by atoms with Crippen molar-refractivity contribution in [3.8, 4) is 5.75 Å². The standard InChI is InChI=1S/C20H21N3O2/c1-16(13-23-12-11-21-15-23)22-20(24)19-10-6-5-7-17(19)14-25-18-8-3-2-4-9-18/h2-12,15-16H,13-14H2,1H3,(H,22,24)/t16-/m0/s1. The number of carbonyl (C=O) groups is 1. The van der Waals surface area contributed by atoms with Crippen molar-refractivity contribution in [3.05, 3.63) is 84.4 Å². The average molecular weight is 335 g/mol. The molecule has 128 valence electrons. The number of carbonyl (C=O) groups excluding carboxylic acids is 1. The number of hydrogen-bond acceptors (Lipinski definition) is 3. The maximum atomic E-state index is 12.6. The maximum Gasteiger partial charge on any atom is 0.251 e. The van der Waals surface area contributed by atoms with Crippen molar-refractivity contribution in [2.75, 3.05) is 0 Å². The molecule has 1 atom stereocenters. The molecule has 1 aromatic heterocycles. The smallest absolute Gasteiger partial charge is 0.251 e. The van der Waals surface area contributed by atoms with Crippen LogP contribution in [0.5, 0.6) is 5.75 Å². The molecule has 0 radical (unpaired) electrons. The topological polar surface area (TPSA) is 56.2 Å². The summed E-state index contributed by atoms with van der Waals surface area (Å²) in [6.07, 6.45) is 5.35. The molecule has 0 aliphatic carbocycles. The summed E-state index contributed by atoms with van der Waals surface area (Å²) in [7, 11) is 0. The van der Waals surface area contributed by atoms with E-state index in [-0.39, 0.29) is 11.9 Å². The highest BCUT2D eigenvalue weighted by Gasteiger charge is 2.14.